The molecule has 6 nitrogen and oxygen atoms in total. The molecular formula is C17H21N3O3. The number of benzene rings is 1. The fraction of sp³-hybridized carbons (Fsp3) is 0.471. The fourth-order valence-corrected chi connectivity index (χ4v) is 2.95. The molecule has 1 aromatic heterocycles. The second kappa shape index (κ2) is 6.40. The molecule has 3 rings (SSSR count). The summed E-state index contributed by atoms with van der Waals surface area (Å²) in [4.78, 5) is 30.1. The summed E-state index contributed by atoms with van der Waals surface area (Å²) in [6.45, 7) is 4.62. The van der Waals surface area contributed by atoms with E-state index >= 15 is 0 Å². The third-order valence-electron chi connectivity index (χ3n) is 4.28. The highest BCUT2D eigenvalue weighted by atomic mass is 16.3. The Balaban J connectivity index is 1.65. The number of oxazole rings is 1. The molecular weight excluding hydrogens is 294 g/mol. The minimum atomic E-state index is -0.303. The van der Waals surface area contributed by atoms with E-state index in [0.717, 1.165) is 24.9 Å². The highest BCUT2D eigenvalue weighted by molar-refractivity contribution is 5.81. The number of piperidine rings is 1. The zero-order valence-corrected chi connectivity index (χ0v) is 13.4. The van der Waals surface area contributed by atoms with Crippen molar-refractivity contribution in [1.29, 1.82) is 0 Å². The monoisotopic (exact) mass is 315 g/mol. The van der Waals surface area contributed by atoms with Crippen molar-refractivity contribution in [1.82, 2.24) is 15.2 Å². The van der Waals surface area contributed by atoms with Crippen molar-refractivity contribution in [3.05, 3.63) is 30.2 Å². The Labute approximate surface area is 134 Å². The maximum absolute atomic E-state index is 12.4. The number of amides is 2. The molecule has 0 bridgehead atoms. The number of likely N-dealkylation sites (tertiary alicyclic amines) is 1. The van der Waals surface area contributed by atoms with Crippen LogP contribution in [0.2, 0.25) is 0 Å². The first-order chi connectivity index (χ1) is 11.0. The Morgan fingerprint density at radius 3 is 2.91 bits per heavy atom. The molecule has 0 unspecified atom stereocenters. The normalized spacial score (nSPS) is 19.6. The Kier molecular flexibility index (Phi) is 4.32. The lowest BCUT2D eigenvalue weighted by atomic mass is 9.97. The quantitative estimate of drug-likeness (QED) is 0.942. The van der Waals surface area contributed by atoms with Crippen LogP contribution in [0, 0.1) is 5.92 Å². The lowest BCUT2D eigenvalue weighted by Crippen LogP contribution is -2.45. The van der Waals surface area contributed by atoms with E-state index in [9.17, 15) is 9.59 Å². The maximum Gasteiger partial charge on any atom is 0.225 e. The Morgan fingerprint density at radius 2 is 2.17 bits per heavy atom. The van der Waals surface area contributed by atoms with Crippen molar-refractivity contribution in [3.63, 3.8) is 0 Å². The minimum Gasteiger partial charge on any atom is -0.438 e. The molecule has 1 N–H and O–H groups in total. The molecule has 0 radical (unpaired) electrons. The SMILES string of the molecule is CC(=O)N1CCC[C@H](C(=O)N[C@@H](C)c2nc3ccccc3o2)C1. The third-order valence-corrected chi connectivity index (χ3v) is 4.28. The van der Waals surface area contributed by atoms with Crippen molar-refractivity contribution < 1.29 is 14.0 Å². The average Bonchev–Trinajstić information content (AvgIpc) is 2.99. The molecule has 122 valence electrons. The number of hydrogen-bond acceptors (Lipinski definition) is 4. The summed E-state index contributed by atoms with van der Waals surface area (Å²) in [5.74, 6) is 0.304. The van der Waals surface area contributed by atoms with Gasteiger partial charge in [-0.2, -0.15) is 0 Å². The second-order valence-corrected chi connectivity index (χ2v) is 6.05. The molecule has 2 aromatic rings. The van der Waals surface area contributed by atoms with E-state index in [1.165, 1.54) is 0 Å². The van der Waals surface area contributed by atoms with Gasteiger partial charge in [-0.15, -0.1) is 0 Å². The number of hydrogen-bond donors (Lipinski definition) is 1. The summed E-state index contributed by atoms with van der Waals surface area (Å²) < 4.78 is 5.69. The molecule has 0 saturated carbocycles. The van der Waals surface area contributed by atoms with Gasteiger partial charge in [0, 0.05) is 20.0 Å². The number of nitrogens with one attached hydrogen (secondary N) is 1. The van der Waals surface area contributed by atoms with Crippen LogP contribution in [-0.4, -0.2) is 34.8 Å². The molecule has 2 heterocycles. The van der Waals surface area contributed by atoms with Crippen LogP contribution in [0.4, 0.5) is 0 Å². The van der Waals surface area contributed by atoms with Crippen molar-refractivity contribution in [2.24, 2.45) is 5.92 Å². The minimum absolute atomic E-state index is 0.0227. The van der Waals surface area contributed by atoms with Gasteiger partial charge in [-0.05, 0) is 31.9 Å². The van der Waals surface area contributed by atoms with Gasteiger partial charge in [-0.3, -0.25) is 9.59 Å². The first-order valence-electron chi connectivity index (χ1n) is 7.96. The van der Waals surface area contributed by atoms with E-state index in [1.54, 1.807) is 11.8 Å². The van der Waals surface area contributed by atoms with Crippen LogP contribution < -0.4 is 5.32 Å². The van der Waals surface area contributed by atoms with Crippen LogP contribution in [0.5, 0.6) is 0 Å². The van der Waals surface area contributed by atoms with Gasteiger partial charge in [0.05, 0.1) is 5.92 Å². The van der Waals surface area contributed by atoms with Gasteiger partial charge in [0.2, 0.25) is 17.7 Å². The number of carbonyl (C=O) groups excluding carboxylic acids is 2. The van der Waals surface area contributed by atoms with Crippen molar-refractivity contribution in [2.75, 3.05) is 13.1 Å². The Morgan fingerprint density at radius 1 is 1.39 bits per heavy atom. The first kappa shape index (κ1) is 15.5. The van der Waals surface area contributed by atoms with Crippen LogP contribution in [0.25, 0.3) is 11.1 Å². The molecule has 0 spiro atoms. The molecule has 1 aliphatic rings. The van der Waals surface area contributed by atoms with Gasteiger partial charge in [0.1, 0.15) is 11.6 Å². The van der Waals surface area contributed by atoms with Gasteiger partial charge in [0.25, 0.3) is 0 Å². The van der Waals surface area contributed by atoms with E-state index in [-0.39, 0.29) is 23.8 Å². The van der Waals surface area contributed by atoms with E-state index in [0.29, 0.717) is 18.0 Å². The summed E-state index contributed by atoms with van der Waals surface area (Å²) in [6, 6.07) is 7.21. The molecule has 1 fully saturated rings. The summed E-state index contributed by atoms with van der Waals surface area (Å²) in [5.41, 5.74) is 1.49. The Hall–Kier alpha value is -2.37. The topological polar surface area (TPSA) is 75.4 Å². The largest absolute Gasteiger partial charge is 0.438 e. The molecule has 1 saturated heterocycles. The molecule has 23 heavy (non-hydrogen) atoms. The van der Waals surface area contributed by atoms with E-state index < -0.39 is 0 Å². The summed E-state index contributed by atoms with van der Waals surface area (Å²) in [7, 11) is 0. The van der Waals surface area contributed by atoms with Crippen LogP contribution in [0.15, 0.2) is 28.7 Å². The van der Waals surface area contributed by atoms with E-state index in [4.69, 9.17) is 4.42 Å². The summed E-state index contributed by atoms with van der Waals surface area (Å²) in [6.07, 6.45) is 1.66. The third kappa shape index (κ3) is 3.36. The van der Waals surface area contributed by atoms with E-state index in [1.807, 2.05) is 31.2 Å². The molecule has 0 aliphatic carbocycles. The van der Waals surface area contributed by atoms with Gasteiger partial charge in [-0.25, -0.2) is 4.98 Å². The lowest BCUT2D eigenvalue weighted by molar-refractivity contribution is -0.134. The van der Waals surface area contributed by atoms with Gasteiger partial charge >= 0.3 is 0 Å². The lowest BCUT2D eigenvalue weighted by Gasteiger charge is -2.31. The Bertz CT molecular complexity index is 692. The molecule has 6 heteroatoms. The number of rotatable bonds is 3. The fourth-order valence-electron chi connectivity index (χ4n) is 2.95. The van der Waals surface area contributed by atoms with Crippen LogP contribution in [0.3, 0.4) is 0 Å². The number of para-hydroxylation sites is 2. The molecule has 2 atom stereocenters. The standard InChI is InChI=1S/C17H21N3O3/c1-11(17-19-14-7-3-4-8-15(14)23-17)18-16(22)13-6-5-9-20(10-13)12(2)21/h3-4,7-8,11,13H,5-6,9-10H2,1-2H3,(H,18,22)/t11-,13-/m0/s1. The van der Waals surface area contributed by atoms with Gasteiger partial charge in [-0.1, -0.05) is 12.1 Å². The molecule has 1 aliphatic heterocycles. The van der Waals surface area contributed by atoms with E-state index in [2.05, 4.69) is 10.3 Å². The number of nitrogens with zero attached hydrogens (tertiary/aromatic N) is 2. The molecule has 1 aromatic carbocycles. The predicted molar refractivity (Wildman–Crippen MR) is 85.5 cm³/mol. The maximum atomic E-state index is 12.4. The average molecular weight is 315 g/mol. The smallest absolute Gasteiger partial charge is 0.225 e. The number of aromatic nitrogens is 1. The highest BCUT2D eigenvalue weighted by Gasteiger charge is 2.28. The van der Waals surface area contributed by atoms with Crippen molar-refractivity contribution in [3.8, 4) is 0 Å². The van der Waals surface area contributed by atoms with Crippen LogP contribution in [-0.2, 0) is 9.59 Å². The van der Waals surface area contributed by atoms with Gasteiger partial charge < -0.3 is 14.6 Å². The van der Waals surface area contributed by atoms with Crippen LogP contribution in [0.1, 0.15) is 38.6 Å². The van der Waals surface area contributed by atoms with Crippen molar-refractivity contribution >= 4 is 22.9 Å². The first-order valence-corrected chi connectivity index (χ1v) is 7.96. The van der Waals surface area contributed by atoms with Crippen LogP contribution >= 0.6 is 0 Å². The zero-order chi connectivity index (χ0) is 16.4. The molecule has 2 amide bonds. The van der Waals surface area contributed by atoms with Gasteiger partial charge in [0.15, 0.2) is 5.58 Å². The summed E-state index contributed by atoms with van der Waals surface area (Å²) in [5, 5.41) is 2.95. The van der Waals surface area contributed by atoms with Crippen molar-refractivity contribution in [2.45, 2.75) is 32.7 Å². The summed E-state index contributed by atoms with van der Waals surface area (Å²) >= 11 is 0. The highest BCUT2D eigenvalue weighted by Crippen LogP contribution is 2.21. The zero-order valence-electron chi connectivity index (χ0n) is 13.4. The number of fused-ring (bicyclic) bond motifs is 1. The second-order valence-electron chi connectivity index (χ2n) is 6.05. The predicted octanol–water partition coefficient (Wildman–Crippen LogP) is 2.26. The number of carbonyl (C=O) groups is 2.